The number of halogens is 3. The van der Waals surface area contributed by atoms with Gasteiger partial charge in [-0.2, -0.15) is 13.2 Å². The van der Waals surface area contributed by atoms with Crippen LogP contribution in [0.25, 0.3) is 0 Å². The summed E-state index contributed by atoms with van der Waals surface area (Å²) < 4.78 is 42.4. The molecule has 0 unspecified atom stereocenters. The molecule has 1 fully saturated rings. The van der Waals surface area contributed by atoms with Crippen molar-refractivity contribution in [2.24, 2.45) is 5.92 Å². The zero-order chi connectivity index (χ0) is 14.8. The van der Waals surface area contributed by atoms with Crippen LogP contribution < -0.4 is 5.32 Å². The fourth-order valence-corrected chi connectivity index (χ4v) is 2.58. The van der Waals surface area contributed by atoms with Gasteiger partial charge in [0.15, 0.2) is 0 Å². The average molecular weight is 287 g/mol. The second kappa shape index (κ2) is 5.83. The molecule has 0 aliphatic carbocycles. The van der Waals surface area contributed by atoms with Gasteiger partial charge in [-0.25, -0.2) is 0 Å². The number of ether oxygens (including phenoxy) is 1. The quantitative estimate of drug-likeness (QED) is 0.850. The Bertz CT molecular complexity index is 470. The van der Waals surface area contributed by atoms with Crippen molar-refractivity contribution < 1.29 is 22.7 Å². The molecule has 1 aromatic rings. The lowest BCUT2D eigenvalue weighted by Crippen LogP contribution is -2.40. The van der Waals surface area contributed by atoms with E-state index in [0.717, 1.165) is 24.2 Å². The van der Waals surface area contributed by atoms with Crippen LogP contribution in [0.15, 0.2) is 24.3 Å². The minimum absolute atomic E-state index is 0.106. The van der Waals surface area contributed by atoms with Crippen LogP contribution >= 0.6 is 0 Å². The summed E-state index contributed by atoms with van der Waals surface area (Å²) in [6, 6.07) is 5.03. The summed E-state index contributed by atoms with van der Waals surface area (Å²) in [4.78, 5) is 11.7. The summed E-state index contributed by atoms with van der Waals surface area (Å²) in [7, 11) is 1.32. The molecule has 0 bridgehead atoms. The highest BCUT2D eigenvalue weighted by atomic mass is 19.4. The van der Waals surface area contributed by atoms with Crippen molar-refractivity contribution in [1.29, 1.82) is 0 Å². The van der Waals surface area contributed by atoms with Crippen LogP contribution in [0.2, 0.25) is 0 Å². The molecule has 0 amide bonds. The van der Waals surface area contributed by atoms with Crippen molar-refractivity contribution in [1.82, 2.24) is 5.32 Å². The van der Waals surface area contributed by atoms with E-state index in [4.69, 9.17) is 4.74 Å². The SMILES string of the molecule is COC(=O)[C@H]1CNCC[C@@H]1c1ccc(C(F)(F)F)cc1. The Hall–Kier alpha value is -1.56. The minimum Gasteiger partial charge on any atom is -0.469 e. The molecule has 0 spiro atoms. The molecule has 1 aromatic carbocycles. The van der Waals surface area contributed by atoms with Gasteiger partial charge in [0, 0.05) is 6.54 Å². The van der Waals surface area contributed by atoms with Crippen LogP contribution in [0.5, 0.6) is 0 Å². The fourth-order valence-electron chi connectivity index (χ4n) is 2.58. The number of carbonyl (C=O) groups is 1. The lowest BCUT2D eigenvalue weighted by atomic mass is 9.81. The van der Waals surface area contributed by atoms with Gasteiger partial charge in [0.1, 0.15) is 0 Å². The van der Waals surface area contributed by atoms with Crippen LogP contribution in [0.1, 0.15) is 23.5 Å². The molecule has 2 rings (SSSR count). The number of piperidine rings is 1. The highest BCUT2D eigenvalue weighted by Crippen LogP contribution is 2.34. The van der Waals surface area contributed by atoms with E-state index in [1.165, 1.54) is 19.2 Å². The van der Waals surface area contributed by atoms with Crippen LogP contribution in [0, 0.1) is 5.92 Å². The monoisotopic (exact) mass is 287 g/mol. The van der Waals surface area contributed by atoms with Crippen molar-refractivity contribution in [3.05, 3.63) is 35.4 Å². The topological polar surface area (TPSA) is 38.3 Å². The molecule has 1 aliphatic heterocycles. The predicted octanol–water partition coefficient (Wildman–Crippen LogP) is 2.57. The molecule has 1 saturated heterocycles. The smallest absolute Gasteiger partial charge is 0.416 e. The molecular formula is C14H16F3NO2. The van der Waals surface area contributed by atoms with Gasteiger partial charge in [-0.15, -0.1) is 0 Å². The van der Waals surface area contributed by atoms with Crippen LogP contribution in [0.3, 0.4) is 0 Å². The van der Waals surface area contributed by atoms with Crippen molar-refractivity contribution >= 4 is 5.97 Å². The number of hydrogen-bond donors (Lipinski definition) is 1. The van der Waals surface area contributed by atoms with Gasteiger partial charge in [0.2, 0.25) is 0 Å². The van der Waals surface area contributed by atoms with Gasteiger partial charge >= 0.3 is 12.1 Å². The first-order chi connectivity index (χ1) is 9.43. The van der Waals surface area contributed by atoms with Crippen LogP contribution in [-0.2, 0) is 15.7 Å². The fraction of sp³-hybridized carbons (Fsp3) is 0.500. The number of hydrogen-bond acceptors (Lipinski definition) is 3. The minimum atomic E-state index is -4.34. The summed E-state index contributed by atoms with van der Waals surface area (Å²) in [5.74, 6) is -0.793. The van der Waals surface area contributed by atoms with Crippen LogP contribution in [-0.4, -0.2) is 26.2 Å². The van der Waals surface area contributed by atoms with Gasteiger partial charge in [0.05, 0.1) is 18.6 Å². The summed E-state index contributed by atoms with van der Waals surface area (Å²) in [5.41, 5.74) is 0.0692. The maximum atomic E-state index is 12.5. The molecule has 6 heteroatoms. The zero-order valence-electron chi connectivity index (χ0n) is 11.0. The molecule has 1 heterocycles. The lowest BCUT2D eigenvalue weighted by molar-refractivity contribution is -0.146. The molecule has 0 radical (unpaired) electrons. The summed E-state index contributed by atoms with van der Waals surface area (Å²) in [5, 5.41) is 3.10. The van der Waals surface area contributed by atoms with E-state index >= 15 is 0 Å². The number of esters is 1. The number of nitrogens with one attached hydrogen (secondary N) is 1. The standard InChI is InChI=1S/C14H16F3NO2/c1-20-13(19)12-8-18-7-6-11(12)9-2-4-10(5-3-9)14(15,16)17/h2-5,11-12,18H,6-8H2,1H3/t11-,12+/m1/s1. The molecule has 110 valence electrons. The van der Waals surface area contributed by atoms with Crippen molar-refractivity contribution in [2.45, 2.75) is 18.5 Å². The Kier molecular flexibility index (Phi) is 4.32. The van der Waals surface area contributed by atoms with E-state index in [9.17, 15) is 18.0 Å². The summed E-state index contributed by atoms with van der Waals surface area (Å²) >= 11 is 0. The summed E-state index contributed by atoms with van der Waals surface area (Å²) in [6.07, 6.45) is -3.64. The molecule has 3 nitrogen and oxygen atoms in total. The zero-order valence-corrected chi connectivity index (χ0v) is 11.0. The van der Waals surface area contributed by atoms with E-state index in [0.29, 0.717) is 13.0 Å². The van der Waals surface area contributed by atoms with Gasteiger partial charge in [-0.05, 0) is 36.6 Å². The Labute approximate surface area is 115 Å². The highest BCUT2D eigenvalue weighted by Gasteiger charge is 2.34. The molecule has 0 aromatic heterocycles. The third-order valence-electron chi connectivity index (χ3n) is 3.65. The molecule has 1 aliphatic rings. The number of methoxy groups -OCH3 is 1. The van der Waals surface area contributed by atoms with Gasteiger partial charge in [0.25, 0.3) is 0 Å². The molecule has 20 heavy (non-hydrogen) atoms. The Morgan fingerprint density at radius 1 is 1.30 bits per heavy atom. The average Bonchev–Trinajstić information content (AvgIpc) is 2.45. The molecule has 2 atom stereocenters. The van der Waals surface area contributed by atoms with E-state index in [1.807, 2.05) is 0 Å². The summed E-state index contributed by atoms with van der Waals surface area (Å²) in [6.45, 7) is 1.22. The van der Waals surface area contributed by atoms with Gasteiger partial charge in [-0.1, -0.05) is 12.1 Å². The number of rotatable bonds is 2. The first-order valence-electron chi connectivity index (χ1n) is 6.39. The second-order valence-corrected chi connectivity index (χ2v) is 4.85. The first-order valence-corrected chi connectivity index (χ1v) is 6.39. The largest absolute Gasteiger partial charge is 0.469 e. The number of carbonyl (C=O) groups excluding carboxylic acids is 1. The normalized spacial score (nSPS) is 23.4. The predicted molar refractivity (Wildman–Crippen MR) is 67.2 cm³/mol. The Balaban J connectivity index is 2.22. The Morgan fingerprint density at radius 3 is 2.50 bits per heavy atom. The van der Waals surface area contributed by atoms with Crippen LogP contribution in [0.4, 0.5) is 13.2 Å². The molecular weight excluding hydrogens is 271 g/mol. The molecule has 1 N–H and O–H groups in total. The maximum absolute atomic E-state index is 12.5. The Morgan fingerprint density at radius 2 is 1.95 bits per heavy atom. The maximum Gasteiger partial charge on any atom is 0.416 e. The van der Waals surface area contributed by atoms with E-state index < -0.39 is 11.7 Å². The van der Waals surface area contributed by atoms with E-state index in [-0.39, 0.29) is 17.8 Å². The van der Waals surface area contributed by atoms with Gasteiger partial charge < -0.3 is 10.1 Å². The third-order valence-corrected chi connectivity index (χ3v) is 3.65. The lowest BCUT2D eigenvalue weighted by Gasteiger charge is -2.30. The van der Waals surface area contributed by atoms with Gasteiger partial charge in [-0.3, -0.25) is 4.79 Å². The molecule has 0 saturated carbocycles. The number of alkyl halides is 3. The van der Waals surface area contributed by atoms with E-state index in [2.05, 4.69) is 5.32 Å². The van der Waals surface area contributed by atoms with Crippen molar-refractivity contribution in [3.63, 3.8) is 0 Å². The first kappa shape index (κ1) is 14.8. The van der Waals surface area contributed by atoms with Crippen molar-refractivity contribution in [2.75, 3.05) is 20.2 Å². The highest BCUT2D eigenvalue weighted by molar-refractivity contribution is 5.74. The van der Waals surface area contributed by atoms with Crippen molar-refractivity contribution in [3.8, 4) is 0 Å². The third kappa shape index (κ3) is 3.12. The number of benzene rings is 1. The second-order valence-electron chi connectivity index (χ2n) is 4.85. The van der Waals surface area contributed by atoms with E-state index in [1.54, 1.807) is 0 Å².